The van der Waals surface area contributed by atoms with Gasteiger partial charge in [0.1, 0.15) is 18.3 Å². The van der Waals surface area contributed by atoms with Gasteiger partial charge in [-0.25, -0.2) is 0 Å². The average molecular weight is 295 g/mol. The number of nitrogens with one attached hydrogen (secondary N) is 1. The Morgan fingerprint density at radius 3 is 2.47 bits per heavy atom. The lowest BCUT2D eigenvalue weighted by Gasteiger charge is -2.15. The molecule has 2 heterocycles. The molecule has 1 saturated heterocycles. The maximum atomic E-state index is 9.77. The molecule has 108 valence electrons. The van der Waals surface area contributed by atoms with Gasteiger partial charge in [-0.05, 0) is 0 Å². The van der Waals surface area contributed by atoms with Gasteiger partial charge < -0.3 is 31.5 Å². The predicted molar refractivity (Wildman–Crippen MR) is 65.7 cm³/mol. The molecule has 19 heavy (non-hydrogen) atoms. The summed E-state index contributed by atoms with van der Waals surface area (Å²) in [4.78, 5) is 3.71. The zero-order chi connectivity index (χ0) is 13.4. The van der Waals surface area contributed by atoms with Crippen molar-refractivity contribution in [1.29, 1.82) is 5.41 Å². The first kappa shape index (κ1) is 15.6. The van der Waals surface area contributed by atoms with E-state index in [1.54, 1.807) is 0 Å². The second-order valence-corrected chi connectivity index (χ2v) is 3.88. The summed E-state index contributed by atoms with van der Waals surface area (Å²) in [5, 5.41) is 39.3. The SMILES string of the molecule is Cl.N=C(N)c1nc(N)n(C2OC(CO)C(O)[C@@H]2O)n1. The molecule has 0 aromatic carbocycles. The highest BCUT2D eigenvalue weighted by molar-refractivity contribution is 5.91. The van der Waals surface area contributed by atoms with Gasteiger partial charge in [-0.15, -0.1) is 17.5 Å². The Kier molecular flexibility index (Phi) is 4.66. The Morgan fingerprint density at radius 2 is 2.05 bits per heavy atom. The third-order valence-electron chi connectivity index (χ3n) is 2.66. The largest absolute Gasteiger partial charge is 0.394 e. The van der Waals surface area contributed by atoms with E-state index in [4.69, 9.17) is 26.7 Å². The number of nitrogen functional groups attached to an aromatic ring is 2. The molecule has 8 N–H and O–H groups in total. The van der Waals surface area contributed by atoms with Crippen LogP contribution in [0.15, 0.2) is 0 Å². The van der Waals surface area contributed by atoms with Crippen molar-refractivity contribution in [3.8, 4) is 0 Å². The lowest BCUT2D eigenvalue weighted by molar-refractivity contribution is -0.0575. The highest BCUT2D eigenvalue weighted by Crippen LogP contribution is 2.29. The molecule has 11 heteroatoms. The Labute approximate surface area is 113 Å². The summed E-state index contributed by atoms with van der Waals surface area (Å²) in [5.41, 5.74) is 10.8. The third kappa shape index (κ3) is 2.62. The van der Waals surface area contributed by atoms with Gasteiger partial charge in [-0.2, -0.15) is 9.67 Å². The topological polar surface area (TPSA) is 177 Å². The number of amidine groups is 1. The van der Waals surface area contributed by atoms with E-state index in [-0.39, 0.29) is 30.0 Å². The van der Waals surface area contributed by atoms with E-state index in [1.807, 2.05) is 0 Å². The highest BCUT2D eigenvalue weighted by Gasteiger charge is 2.44. The summed E-state index contributed by atoms with van der Waals surface area (Å²) in [5.74, 6) is -0.604. The van der Waals surface area contributed by atoms with Crippen molar-refractivity contribution in [2.45, 2.75) is 24.5 Å². The fraction of sp³-hybridized carbons (Fsp3) is 0.625. The molecule has 1 aliphatic rings. The van der Waals surface area contributed by atoms with Gasteiger partial charge in [0.15, 0.2) is 12.1 Å². The molecule has 2 rings (SSSR count). The third-order valence-corrected chi connectivity index (χ3v) is 2.66. The maximum absolute atomic E-state index is 9.77. The number of hydrogen-bond acceptors (Lipinski definition) is 8. The zero-order valence-electron chi connectivity index (χ0n) is 9.67. The van der Waals surface area contributed by atoms with Gasteiger partial charge in [0, 0.05) is 0 Å². The van der Waals surface area contributed by atoms with Gasteiger partial charge >= 0.3 is 0 Å². The lowest BCUT2D eigenvalue weighted by Crippen LogP contribution is -2.33. The van der Waals surface area contributed by atoms with Gasteiger partial charge in [0.25, 0.3) is 0 Å². The number of hydrogen-bond donors (Lipinski definition) is 6. The molecule has 0 amide bonds. The van der Waals surface area contributed by atoms with Crippen molar-refractivity contribution in [2.24, 2.45) is 5.73 Å². The molecular formula is C8H15ClN6O4. The minimum absolute atomic E-state index is 0. The van der Waals surface area contributed by atoms with E-state index >= 15 is 0 Å². The molecule has 0 aliphatic carbocycles. The molecule has 3 unspecified atom stereocenters. The monoisotopic (exact) mass is 294 g/mol. The van der Waals surface area contributed by atoms with E-state index in [9.17, 15) is 10.2 Å². The minimum atomic E-state index is -1.31. The second-order valence-electron chi connectivity index (χ2n) is 3.88. The van der Waals surface area contributed by atoms with Crippen LogP contribution >= 0.6 is 12.4 Å². The van der Waals surface area contributed by atoms with E-state index in [2.05, 4.69) is 10.1 Å². The van der Waals surface area contributed by atoms with Crippen LogP contribution in [0.2, 0.25) is 0 Å². The number of nitrogens with two attached hydrogens (primary N) is 2. The van der Waals surface area contributed by atoms with Crippen LogP contribution in [0.4, 0.5) is 5.95 Å². The van der Waals surface area contributed by atoms with Crippen LogP contribution in [0.3, 0.4) is 0 Å². The number of aliphatic hydroxyl groups excluding tert-OH is 3. The number of rotatable bonds is 3. The molecule has 0 saturated carbocycles. The molecule has 0 spiro atoms. The van der Waals surface area contributed by atoms with E-state index in [0.717, 1.165) is 4.68 Å². The van der Waals surface area contributed by atoms with Gasteiger partial charge in [-0.1, -0.05) is 0 Å². The Balaban J connectivity index is 0.00000180. The van der Waals surface area contributed by atoms with Crippen LogP contribution < -0.4 is 11.5 Å². The molecule has 1 aliphatic heterocycles. The first-order valence-corrected chi connectivity index (χ1v) is 5.14. The van der Waals surface area contributed by atoms with Crippen molar-refractivity contribution < 1.29 is 20.1 Å². The van der Waals surface area contributed by atoms with Crippen LogP contribution in [0.25, 0.3) is 0 Å². The summed E-state index contributed by atoms with van der Waals surface area (Å²) < 4.78 is 6.23. The molecular weight excluding hydrogens is 280 g/mol. The molecule has 0 radical (unpaired) electrons. The van der Waals surface area contributed by atoms with Crippen LogP contribution in [0.1, 0.15) is 12.1 Å². The molecule has 1 fully saturated rings. The Hall–Kier alpha value is -1.46. The quantitative estimate of drug-likeness (QED) is 0.255. The molecule has 1 aromatic rings. The summed E-state index contributed by atoms with van der Waals surface area (Å²) >= 11 is 0. The van der Waals surface area contributed by atoms with Crippen LogP contribution in [0, 0.1) is 5.41 Å². The van der Waals surface area contributed by atoms with Crippen LogP contribution in [-0.4, -0.2) is 60.8 Å². The fourth-order valence-electron chi connectivity index (χ4n) is 1.72. The van der Waals surface area contributed by atoms with Gasteiger partial charge in [0.05, 0.1) is 6.61 Å². The van der Waals surface area contributed by atoms with E-state index in [0.29, 0.717) is 0 Å². The predicted octanol–water partition coefficient (Wildman–Crippen LogP) is -2.82. The fourth-order valence-corrected chi connectivity index (χ4v) is 1.72. The van der Waals surface area contributed by atoms with Gasteiger partial charge in [-0.3, -0.25) is 5.41 Å². The van der Waals surface area contributed by atoms with E-state index in [1.165, 1.54) is 0 Å². The summed E-state index contributed by atoms with van der Waals surface area (Å²) in [7, 11) is 0. The number of ether oxygens (including phenoxy) is 1. The Morgan fingerprint density at radius 1 is 1.42 bits per heavy atom. The normalized spacial score (nSPS) is 30.1. The molecule has 4 atom stereocenters. The van der Waals surface area contributed by atoms with Crippen molar-refractivity contribution >= 4 is 24.2 Å². The first-order valence-electron chi connectivity index (χ1n) is 5.14. The number of aliphatic hydroxyl groups is 3. The van der Waals surface area contributed by atoms with Crippen molar-refractivity contribution in [3.63, 3.8) is 0 Å². The smallest absolute Gasteiger partial charge is 0.221 e. The number of nitrogens with zero attached hydrogens (tertiary/aromatic N) is 3. The maximum Gasteiger partial charge on any atom is 0.221 e. The van der Waals surface area contributed by atoms with Gasteiger partial charge in [0.2, 0.25) is 11.8 Å². The highest BCUT2D eigenvalue weighted by atomic mass is 35.5. The summed E-state index contributed by atoms with van der Waals surface area (Å²) in [6.45, 7) is -0.455. The zero-order valence-corrected chi connectivity index (χ0v) is 10.5. The standard InChI is InChI=1S/C8H14N6O4.ClH/c9-5(10)6-12-8(11)14(13-6)7-4(17)3(16)2(1-15)18-7;/h2-4,7,15-17H,1H2,(H3,9,10)(H2,11,12,13);1H/t2?,3?,4-,7?;/m0./s1. The number of anilines is 1. The summed E-state index contributed by atoms with van der Waals surface area (Å²) in [6.07, 6.45) is -4.59. The average Bonchev–Trinajstić information content (AvgIpc) is 2.83. The number of aromatic nitrogens is 3. The van der Waals surface area contributed by atoms with Crippen molar-refractivity contribution in [2.75, 3.05) is 12.3 Å². The summed E-state index contributed by atoms with van der Waals surface area (Å²) in [6, 6.07) is 0. The Bertz CT molecular complexity index is 468. The van der Waals surface area contributed by atoms with Crippen LogP contribution in [0.5, 0.6) is 0 Å². The van der Waals surface area contributed by atoms with Crippen molar-refractivity contribution in [3.05, 3.63) is 5.82 Å². The molecule has 10 nitrogen and oxygen atoms in total. The first-order chi connectivity index (χ1) is 8.45. The number of halogens is 1. The lowest BCUT2D eigenvalue weighted by atomic mass is 10.1. The minimum Gasteiger partial charge on any atom is -0.394 e. The van der Waals surface area contributed by atoms with Crippen LogP contribution in [-0.2, 0) is 4.74 Å². The molecule has 0 bridgehead atoms. The molecule has 1 aromatic heterocycles. The second kappa shape index (κ2) is 5.67. The van der Waals surface area contributed by atoms with Crippen molar-refractivity contribution in [1.82, 2.24) is 14.8 Å². The van der Waals surface area contributed by atoms with E-state index < -0.39 is 31.1 Å².